The Balaban J connectivity index is 0.912. The second-order valence-electron chi connectivity index (χ2n) is 15.2. The molecule has 2 aliphatic carbocycles. The molecule has 1 heterocycles. The Labute approximate surface area is 322 Å². The lowest BCUT2D eigenvalue weighted by Gasteiger charge is -2.29. The first-order chi connectivity index (χ1) is 27.2. The predicted molar refractivity (Wildman–Crippen MR) is 232 cm³/mol. The lowest BCUT2D eigenvalue weighted by molar-refractivity contribution is 0.790. The summed E-state index contributed by atoms with van der Waals surface area (Å²) in [4.78, 5) is 0. The number of benzene rings is 8. The van der Waals surface area contributed by atoms with Gasteiger partial charge in [0.1, 0.15) is 0 Å². The van der Waals surface area contributed by atoms with E-state index in [1.807, 2.05) is 0 Å². The lowest BCUT2D eigenvalue weighted by Crippen LogP contribution is -2.13. The summed E-state index contributed by atoms with van der Waals surface area (Å²) in [6.07, 6.45) is 9.08. The molecule has 2 aliphatic rings. The number of hydrogen-bond donors (Lipinski definition) is 0. The average molecular weight is 702 g/mol. The van der Waals surface area contributed by atoms with Gasteiger partial charge in [0, 0.05) is 28.3 Å². The predicted octanol–water partition coefficient (Wildman–Crippen LogP) is 14.1. The van der Waals surface area contributed by atoms with Gasteiger partial charge < -0.3 is 4.57 Å². The zero-order valence-corrected chi connectivity index (χ0v) is 30.6. The maximum Gasteiger partial charge on any atom is 0.0541 e. The van der Waals surface area contributed by atoms with Crippen LogP contribution in [0.5, 0.6) is 0 Å². The van der Waals surface area contributed by atoms with E-state index >= 15 is 0 Å². The molecular formula is C54H39N. The van der Waals surface area contributed by atoms with Crippen molar-refractivity contribution < 1.29 is 0 Å². The van der Waals surface area contributed by atoms with Crippen LogP contribution in [0.3, 0.4) is 0 Å². The minimum Gasteiger partial charge on any atom is -0.309 e. The summed E-state index contributed by atoms with van der Waals surface area (Å²) < 4.78 is 2.42. The molecule has 0 aliphatic heterocycles. The van der Waals surface area contributed by atoms with E-state index in [1.165, 1.54) is 93.9 Å². The van der Waals surface area contributed by atoms with Crippen LogP contribution in [0.15, 0.2) is 200 Å². The first-order valence-electron chi connectivity index (χ1n) is 19.5. The lowest BCUT2D eigenvalue weighted by atomic mass is 9.75. The van der Waals surface area contributed by atoms with Gasteiger partial charge in [0.25, 0.3) is 0 Å². The number of fused-ring (bicyclic) bond motifs is 7. The molecule has 0 bridgehead atoms. The van der Waals surface area contributed by atoms with Crippen LogP contribution in [-0.2, 0) is 6.42 Å². The third kappa shape index (κ3) is 5.46. The molecule has 0 saturated heterocycles. The zero-order chi connectivity index (χ0) is 36.3. The zero-order valence-electron chi connectivity index (χ0n) is 30.6. The van der Waals surface area contributed by atoms with Crippen molar-refractivity contribution in [2.75, 3.05) is 0 Å². The second kappa shape index (κ2) is 13.0. The molecular weight excluding hydrogens is 663 g/mol. The topological polar surface area (TPSA) is 4.93 Å². The third-order valence-corrected chi connectivity index (χ3v) is 12.1. The van der Waals surface area contributed by atoms with Crippen molar-refractivity contribution >= 4 is 38.2 Å². The van der Waals surface area contributed by atoms with Crippen LogP contribution in [0.4, 0.5) is 0 Å². The van der Waals surface area contributed by atoms with E-state index in [2.05, 4.69) is 205 Å². The van der Waals surface area contributed by atoms with Gasteiger partial charge in [-0.1, -0.05) is 164 Å². The number of rotatable bonds is 5. The van der Waals surface area contributed by atoms with Crippen LogP contribution in [0, 0.1) is 0 Å². The highest BCUT2D eigenvalue weighted by molar-refractivity contribution is 6.10. The van der Waals surface area contributed by atoms with Crippen molar-refractivity contribution in [3.05, 3.63) is 228 Å². The molecule has 2 unspecified atom stereocenters. The normalized spacial score (nSPS) is 16.3. The Kier molecular flexibility index (Phi) is 7.52. The molecule has 8 aromatic carbocycles. The molecule has 0 N–H and O–H groups in total. The minimum atomic E-state index is 0.327. The number of para-hydroxylation sites is 1. The van der Waals surface area contributed by atoms with Crippen molar-refractivity contribution in [1.29, 1.82) is 0 Å². The molecule has 55 heavy (non-hydrogen) atoms. The number of allylic oxidation sites excluding steroid dienone is 4. The summed E-state index contributed by atoms with van der Waals surface area (Å²) in [6, 6.07) is 67.6. The van der Waals surface area contributed by atoms with Gasteiger partial charge in [0.15, 0.2) is 0 Å². The Morgan fingerprint density at radius 2 is 1.20 bits per heavy atom. The van der Waals surface area contributed by atoms with E-state index in [9.17, 15) is 0 Å². The average Bonchev–Trinajstić information content (AvgIpc) is 3.60. The molecule has 0 saturated carbocycles. The van der Waals surface area contributed by atoms with Gasteiger partial charge in [-0.05, 0) is 116 Å². The second-order valence-corrected chi connectivity index (χ2v) is 15.2. The van der Waals surface area contributed by atoms with Crippen LogP contribution in [0.2, 0.25) is 0 Å². The molecule has 0 radical (unpaired) electrons. The first-order valence-corrected chi connectivity index (χ1v) is 19.5. The van der Waals surface area contributed by atoms with E-state index in [1.54, 1.807) is 0 Å². The Morgan fingerprint density at radius 1 is 0.473 bits per heavy atom. The van der Waals surface area contributed by atoms with Gasteiger partial charge in [-0.25, -0.2) is 0 Å². The SMILES string of the molecule is C1=CC(c2ccc(C3Cc4ccc(-c5ccc6c(c5)c5ccccc5n6-c5ccc6ccccc6c5)cc4-c4ccccc43)cc2)CC=C1c1ccccc1. The fraction of sp³-hybridized carbons (Fsp3) is 0.0741. The van der Waals surface area contributed by atoms with Gasteiger partial charge in [0.05, 0.1) is 11.0 Å². The number of hydrogen-bond acceptors (Lipinski definition) is 0. The fourth-order valence-corrected chi connectivity index (χ4v) is 9.29. The molecule has 260 valence electrons. The van der Waals surface area contributed by atoms with E-state index in [4.69, 9.17) is 0 Å². The molecule has 1 heteroatoms. The van der Waals surface area contributed by atoms with E-state index in [0.29, 0.717) is 11.8 Å². The van der Waals surface area contributed by atoms with Crippen LogP contribution in [-0.4, -0.2) is 4.57 Å². The van der Waals surface area contributed by atoms with Crippen molar-refractivity contribution in [3.63, 3.8) is 0 Å². The molecule has 2 atom stereocenters. The summed E-state index contributed by atoms with van der Waals surface area (Å²) in [5.74, 6) is 0.737. The summed E-state index contributed by atoms with van der Waals surface area (Å²) in [7, 11) is 0. The van der Waals surface area contributed by atoms with Crippen LogP contribution < -0.4 is 0 Å². The number of aromatic nitrogens is 1. The Hall–Kier alpha value is -6.70. The summed E-state index contributed by atoms with van der Waals surface area (Å²) in [6.45, 7) is 0. The molecule has 0 amide bonds. The Bertz CT molecular complexity index is 2980. The highest BCUT2D eigenvalue weighted by atomic mass is 15.0. The maximum absolute atomic E-state index is 2.43. The summed E-state index contributed by atoms with van der Waals surface area (Å²) >= 11 is 0. The quantitative estimate of drug-likeness (QED) is 0.168. The number of nitrogens with zero attached hydrogens (tertiary/aromatic N) is 1. The molecule has 9 aromatic rings. The van der Waals surface area contributed by atoms with E-state index in [-0.39, 0.29) is 0 Å². The smallest absolute Gasteiger partial charge is 0.0541 e. The van der Waals surface area contributed by atoms with Crippen LogP contribution in [0.25, 0.3) is 66.1 Å². The van der Waals surface area contributed by atoms with Crippen molar-refractivity contribution in [1.82, 2.24) is 4.57 Å². The van der Waals surface area contributed by atoms with Crippen molar-refractivity contribution in [2.45, 2.75) is 24.7 Å². The highest BCUT2D eigenvalue weighted by Crippen LogP contribution is 2.45. The van der Waals surface area contributed by atoms with Gasteiger partial charge >= 0.3 is 0 Å². The Morgan fingerprint density at radius 3 is 2.07 bits per heavy atom. The monoisotopic (exact) mass is 701 g/mol. The maximum atomic E-state index is 2.43. The highest BCUT2D eigenvalue weighted by Gasteiger charge is 2.26. The van der Waals surface area contributed by atoms with Gasteiger partial charge in [0.2, 0.25) is 0 Å². The first kappa shape index (κ1) is 31.8. The molecule has 0 fully saturated rings. The van der Waals surface area contributed by atoms with E-state index < -0.39 is 0 Å². The minimum absolute atomic E-state index is 0.327. The summed E-state index contributed by atoms with van der Waals surface area (Å²) in [5.41, 5.74) is 17.1. The third-order valence-electron chi connectivity index (χ3n) is 12.1. The van der Waals surface area contributed by atoms with Gasteiger partial charge in [-0.15, -0.1) is 0 Å². The van der Waals surface area contributed by atoms with Gasteiger partial charge in [-0.3, -0.25) is 0 Å². The van der Waals surface area contributed by atoms with Crippen LogP contribution >= 0.6 is 0 Å². The van der Waals surface area contributed by atoms with E-state index in [0.717, 1.165) is 12.8 Å². The fourth-order valence-electron chi connectivity index (χ4n) is 9.29. The molecule has 11 rings (SSSR count). The molecule has 1 nitrogen and oxygen atoms in total. The standard InChI is InChI=1S/C54H39N/c1-2-10-36(11-3-1)38-18-20-39(21-19-38)40-22-24-41(25-23-40)50-35-45-27-26-43(33-51(45)48-15-7-6-14-47(48)50)44-29-31-54-52(34-44)49-16-8-9-17-53(49)55(54)46-30-28-37-12-4-5-13-42(37)32-46/h1-20,22-34,39,50H,21,35H2. The van der Waals surface area contributed by atoms with Crippen LogP contribution in [0.1, 0.15) is 46.1 Å². The molecule has 0 spiro atoms. The molecule has 1 aromatic heterocycles. The van der Waals surface area contributed by atoms with Crippen molar-refractivity contribution in [2.24, 2.45) is 0 Å². The van der Waals surface area contributed by atoms with Gasteiger partial charge in [-0.2, -0.15) is 0 Å². The largest absolute Gasteiger partial charge is 0.309 e. The summed E-state index contributed by atoms with van der Waals surface area (Å²) in [5, 5.41) is 5.07. The van der Waals surface area contributed by atoms with Crippen molar-refractivity contribution in [3.8, 4) is 27.9 Å².